The number of aliphatic hydroxyl groups excluding tert-OH is 1. The Labute approximate surface area is 98.4 Å². The molecule has 7 nitrogen and oxygen atoms in total. The minimum absolute atomic E-state index is 0.0539. The van der Waals surface area contributed by atoms with Gasteiger partial charge in [0, 0.05) is 26.0 Å². The molecule has 0 bridgehead atoms. The second kappa shape index (κ2) is 8.51. The van der Waals surface area contributed by atoms with Gasteiger partial charge in [-0.1, -0.05) is 0 Å². The summed E-state index contributed by atoms with van der Waals surface area (Å²) in [7, 11) is 0. The quantitative estimate of drug-likeness (QED) is 0.405. The molecule has 0 aliphatic carbocycles. The average Bonchev–Trinajstić information content (AvgIpc) is 2.23. The van der Waals surface area contributed by atoms with E-state index in [4.69, 9.17) is 15.3 Å². The highest BCUT2D eigenvalue weighted by molar-refractivity contribution is 5.82. The average molecular weight is 247 g/mol. The van der Waals surface area contributed by atoms with Crippen LogP contribution in [0.3, 0.4) is 0 Å². The summed E-state index contributed by atoms with van der Waals surface area (Å²) >= 11 is 0. The van der Waals surface area contributed by atoms with Gasteiger partial charge < -0.3 is 20.6 Å². The Balaban J connectivity index is 4.02. The van der Waals surface area contributed by atoms with Crippen LogP contribution in [0.2, 0.25) is 0 Å². The predicted molar refractivity (Wildman–Crippen MR) is 57.3 cm³/mol. The van der Waals surface area contributed by atoms with Crippen molar-refractivity contribution in [3.8, 4) is 0 Å². The van der Waals surface area contributed by atoms with E-state index in [-0.39, 0.29) is 32.4 Å². The smallest absolute Gasteiger partial charge is 0.307 e. The van der Waals surface area contributed by atoms with E-state index in [1.165, 1.54) is 0 Å². The number of amides is 1. The summed E-state index contributed by atoms with van der Waals surface area (Å²) < 4.78 is 0. The van der Waals surface area contributed by atoms with E-state index in [0.29, 0.717) is 6.42 Å². The van der Waals surface area contributed by atoms with E-state index in [2.05, 4.69) is 5.32 Å². The molecule has 0 aliphatic heterocycles. The second-order valence-corrected chi connectivity index (χ2v) is 3.60. The van der Waals surface area contributed by atoms with Crippen molar-refractivity contribution in [1.29, 1.82) is 0 Å². The summed E-state index contributed by atoms with van der Waals surface area (Å²) in [5.41, 5.74) is 0. The summed E-state index contributed by atoms with van der Waals surface area (Å²) in [6, 6.07) is 0. The van der Waals surface area contributed by atoms with Crippen LogP contribution in [0, 0.1) is 5.92 Å². The molecule has 0 heterocycles. The number of carboxylic acid groups (broad SMARTS) is 2. The largest absolute Gasteiger partial charge is 0.481 e. The van der Waals surface area contributed by atoms with Crippen molar-refractivity contribution in [1.82, 2.24) is 5.32 Å². The zero-order valence-electron chi connectivity index (χ0n) is 9.39. The zero-order valence-corrected chi connectivity index (χ0v) is 9.39. The van der Waals surface area contributed by atoms with Crippen molar-refractivity contribution in [3.05, 3.63) is 0 Å². The summed E-state index contributed by atoms with van der Waals surface area (Å²) in [4.78, 5) is 32.3. The highest BCUT2D eigenvalue weighted by Gasteiger charge is 2.21. The van der Waals surface area contributed by atoms with Crippen molar-refractivity contribution >= 4 is 17.8 Å². The molecule has 1 atom stereocenters. The van der Waals surface area contributed by atoms with Gasteiger partial charge in [0.2, 0.25) is 5.91 Å². The lowest BCUT2D eigenvalue weighted by Crippen LogP contribution is -2.29. The molecule has 0 aliphatic rings. The maximum absolute atomic E-state index is 11.3. The van der Waals surface area contributed by atoms with Gasteiger partial charge in [0.25, 0.3) is 0 Å². The van der Waals surface area contributed by atoms with Crippen molar-refractivity contribution in [3.63, 3.8) is 0 Å². The van der Waals surface area contributed by atoms with Crippen molar-refractivity contribution in [2.45, 2.75) is 25.7 Å². The number of rotatable bonds is 9. The first-order valence-electron chi connectivity index (χ1n) is 5.29. The molecule has 4 N–H and O–H groups in total. The van der Waals surface area contributed by atoms with Crippen molar-refractivity contribution < 1.29 is 29.7 Å². The number of carboxylic acids is 2. The third kappa shape index (κ3) is 8.21. The number of carbonyl (C=O) groups excluding carboxylic acids is 1. The number of aliphatic carboxylic acids is 2. The Hall–Kier alpha value is -1.63. The third-order valence-electron chi connectivity index (χ3n) is 2.14. The van der Waals surface area contributed by atoms with E-state index in [0.717, 1.165) is 0 Å². The van der Waals surface area contributed by atoms with Crippen LogP contribution in [0.15, 0.2) is 0 Å². The first-order valence-corrected chi connectivity index (χ1v) is 5.29. The summed E-state index contributed by atoms with van der Waals surface area (Å²) in [6.07, 6.45) is -0.189. The Bertz CT molecular complexity index is 278. The lowest BCUT2D eigenvalue weighted by Gasteiger charge is -2.10. The Morgan fingerprint density at radius 3 is 2.29 bits per heavy atom. The van der Waals surface area contributed by atoms with Gasteiger partial charge in [0.1, 0.15) is 0 Å². The molecule has 0 saturated carbocycles. The molecule has 0 aromatic carbocycles. The molecule has 17 heavy (non-hydrogen) atoms. The standard InChI is InChI=1S/C10H17NO6/c12-5-1-4-11-8(13)6-7(10(16)17)2-3-9(14)15/h7,12H,1-6H2,(H,11,13)(H,14,15)(H,16,17). The monoisotopic (exact) mass is 247 g/mol. The lowest BCUT2D eigenvalue weighted by atomic mass is 9.99. The van der Waals surface area contributed by atoms with Gasteiger partial charge in [-0.05, 0) is 12.8 Å². The van der Waals surface area contributed by atoms with Gasteiger partial charge in [-0.2, -0.15) is 0 Å². The first-order chi connectivity index (χ1) is 7.97. The molecule has 0 aromatic rings. The first kappa shape index (κ1) is 15.4. The Kier molecular flexibility index (Phi) is 7.70. The molecule has 1 amide bonds. The van der Waals surface area contributed by atoms with Crippen LogP contribution in [0.1, 0.15) is 25.7 Å². The molecule has 0 aromatic heterocycles. The number of hydrogen-bond acceptors (Lipinski definition) is 4. The fraction of sp³-hybridized carbons (Fsp3) is 0.700. The van der Waals surface area contributed by atoms with Crippen LogP contribution in [-0.2, 0) is 14.4 Å². The fourth-order valence-electron chi connectivity index (χ4n) is 1.21. The van der Waals surface area contributed by atoms with Gasteiger partial charge in [0.05, 0.1) is 5.92 Å². The highest BCUT2D eigenvalue weighted by Crippen LogP contribution is 2.11. The summed E-state index contributed by atoms with van der Waals surface area (Å²) in [5.74, 6) is -3.70. The minimum Gasteiger partial charge on any atom is -0.481 e. The minimum atomic E-state index is -1.18. The molecule has 0 saturated heterocycles. The number of carbonyl (C=O) groups is 3. The highest BCUT2D eigenvalue weighted by atomic mass is 16.4. The normalized spacial score (nSPS) is 11.8. The summed E-state index contributed by atoms with van der Waals surface area (Å²) in [6.45, 7) is 0.224. The molecule has 1 unspecified atom stereocenters. The Morgan fingerprint density at radius 2 is 1.82 bits per heavy atom. The second-order valence-electron chi connectivity index (χ2n) is 3.60. The van der Waals surface area contributed by atoms with Gasteiger partial charge in [-0.25, -0.2) is 0 Å². The van der Waals surface area contributed by atoms with Crippen molar-refractivity contribution in [2.75, 3.05) is 13.2 Å². The zero-order chi connectivity index (χ0) is 13.3. The fourth-order valence-corrected chi connectivity index (χ4v) is 1.21. The van der Waals surface area contributed by atoms with E-state index in [1.54, 1.807) is 0 Å². The molecule has 7 heteroatoms. The molecule has 98 valence electrons. The van der Waals surface area contributed by atoms with Crippen LogP contribution >= 0.6 is 0 Å². The number of aliphatic hydroxyl groups is 1. The van der Waals surface area contributed by atoms with E-state index >= 15 is 0 Å². The van der Waals surface area contributed by atoms with Crippen LogP contribution in [0.5, 0.6) is 0 Å². The van der Waals surface area contributed by atoms with Crippen molar-refractivity contribution in [2.24, 2.45) is 5.92 Å². The molecule has 0 radical (unpaired) electrons. The molecule has 0 fully saturated rings. The van der Waals surface area contributed by atoms with Crippen LogP contribution in [-0.4, -0.2) is 46.3 Å². The van der Waals surface area contributed by atoms with Gasteiger partial charge in [-0.15, -0.1) is 0 Å². The van der Waals surface area contributed by atoms with Gasteiger partial charge in [0.15, 0.2) is 0 Å². The lowest BCUT2D eigenvalue weighted by molar-refractivity contribution is -0.145. The van der Waals surface area contributed by atoms with Crippen LogP contribution in [0.25, 0.3) is 0 Å². The summed E-state index contributed by atoms with van der Waals surface area (Å²) in [5, 5.41) is 28.2. The van der Waals surface area contributed by atoms with Crippen LogP contribution < -0.4 is 5.32 Å². The van der Waals surface area contributed by atoms with E-state index in [1.807, 2.05) is 0 Å². The predicted octanol–water partition coefficient (Wildman–Crippen LogP) is -0.559. The SMILES string of the molecule is O=C(O)CCC(CC(=O)NCCCO)C(=O)O. The number of nitrogens with one attached hydrogen (secondary N) is 1. The molecule has 0 spiro atoms. The van der Waals surface area contributed by atoms with Gasteiger partial charge in [-0.3, -0.25) is 14.4 Å². The van der Waals surface area contributed by atoms with Gasteiger partial charge >= 0.3 is 11.9 Å². The maximum Gasteiger partial charge on any atom is 0.307 e. The third-order valence-corrected chi connectivity index (χ3v) is 2.14. The molecular weight excluding hydrogens is 230 g/mol. The Morgan fingerprint density at radius 1 is 1.18 bits per heavy atom. The molecule has 0 rings (SSSR count). The van der Waals surface area contributed by atoms with Crippen LogP contribution in [0.4, 0.5) is 0 Å². The number of hydrogen-bond donors (Lipinski definition) is 4. The molecular formula is C10H17NO6. The van der Waals surface area contributed by atoms with E-state index < -0.39 is 23.8 Å². The van der Waals surface area contributed by atoms with E-state index in [9.17, 15) is 14.4 Å². The topological polar surface area (TPSA) is 124 Å². The maximum atomic E-state index is 11.3.